The summed E-state index contributed by atoms with van der Waals surface area (Å²) in [7, 11) is 0. The Hall–Kier alpha value is -3.33. The van der Waals surface area contributed by atoms with Crippen molar-refractivity contribution in [1.82, 2.24) is 20.6 Å². The summed E-state index contributed by atoms with van der Waals surface area (Å²) in [4.78, 5) is 32.7. The fourth-order valence-electron chi connectivity index (χ4n) is 3.37. The Labute approximate surface area is 183 Å². The minimum Gasteiger partial charge on any atom is -0.350 e. The van der Waals surface area contributed by atoms with Crippen molar-refractivity contribution in [2.45, 2.75) is 38.8 Å². The topological polar surface area (TPSA) is 121 Å². The fourth-order valence-corrected chi connectivity index (χ4v) is 3.37. The first kappa shape index (κ1) is 22.4. The molecule has 4 rings (SSSR count). The van der Waals surface area contributed by atoms with Gasteiger partial charge in [-0.05, 0) is 38.0 Å². The lowest BCUT2D eigenvalue weighted by molar-refractivity contribution is -0.129. The Morgan fingerprint density at radius 1 is 1.16 bits per heavy atom. The summed E-state index contributed by atoms with van der Waals surface area (Å²) in [5, 5.41) is 5.70. The molecule has 3 atom stereocenters. The summed E-state index contributed by atoms with van der Waals surface area (Å²) in [5.41, 5.74) is 4.10. The molecule has 2 amide bonds. The van der Waals surface area contributed by atoms with Crippen LogP contribution in [0.4, 0.5) is 0 Å². The molecule has 1 saturated carbocycles. The van der Waals surface area contributed by atoms with Gasteiger partial charge >= 0.3 is 11.6 Å². The van der Waals surface area contributed by atoms with Crippen LogP contribution in [-0.4, -0.2) is 36.2 Å². The molecule has 0 spiro atoms. The van der Waals surface area contributed by atoms with Crippen LogP contribution >= 0.6 is 0 Å². The monoisotopic (exact) mass is 440 g/mol. The van der Waals surface area contributed by atoms with Crippen LogP contribution in [0.15, 0.2) is 48.5 Å². The van der Waals surface area contributed by atoms with Gasteiger partial charge in [0.05, 0.1) is 11.0 Å². The standard InChI is InChI=1S/C22H24N4O2.O2S/c1-13-7-9-15(10-8-13)12-23-21(27)14(2)24-22(28)17-11-16(17)20-25-18-5-3-4-6-19(18)26-20;1-3-2/h3-10,14,16-17H,11-12H2,1-2H3,(H,23,27)(H,24,28)(H,25,26);. The lowest BCUT2D eigenvalue weighted by Crippen LogP contribution is -2.45. The van der Waals surface area contributed by atoms with E-state index in [2.05, 4.69) is 20.6 Å². The minimum absolute atomic E-state index is 0.0928. The number of imidazole rings is 1. The van der Waals surface area contributed by atoms with Crippen LogP contribution in [0.3, 0.4) is 0 Å². The van der Waals surface area contributed by atoms with Gasteiger partial charge in [-0.1, -0.05) is 42.0 Å². The maximum absolute atomic E-state index is 12.5. The van der Waals surface area contributed by atoms with E-state index < -0.39 is 17.6 Å². The lowest BCUT2D eigenvalue weighted by atomic mass is 10.1. The number of benzene rings is 2. The van der Waals surface area contributed by atoms with E-state index in [0.717, 1.165) is 28.8 Å². The molecule has 162 valence electrons. The van der Waals surface area contributed by atoms with E-state index >= 15 is 0 Å². The zero-order valence-electron chi connectivity index (χ0n) is 17.3. The third kappa shape index (κ3) is 5.85. The number of nitrogens with one attached hydrogen (secondary N) is 3. The minimum atomic E-state index is -0.750. The van der Waals surface area contributed by atoms with E-state index in [4.69, 9.17) is 8.42 Å². The highest BCUT2D eigenvalue weighted by Gasteiger charge is 2.46. The smallest absolute Gasteiger partial charge is 0.335 e. The Kier molecular flexibility index (Phi) is 7.30. The molecule has 0 aliphatic heterocycles. The molecule has 1 aliphatic carbocycles. The molecule has 2 aromatic carbocycles. The molecule has 1 aromatic heterocycles. The first-order chi connectivity index (χ1) is 14.9. The zero-order valence-corrected chi connectivity index (χ0v) is 18.1. The van der Waals surface area contributed by atoms with Crippen molar-refractivity contribution in [3.05, 3.63) is 65.5 Å². The zero-order chi connectivity index (χ0) is 22.4. The average molecular weight is 441 g/mol. The Morgan fingerprint density at radius 2 is 1.84 bits per heavy atom. The molecule has 8 nitrogen and oxygen atoms in total. The Bertz CT molecular complexity index is 1070. The van der Waals surface area contributed by atoms with Gasteiger partial charge in [0.15, 0.2) is 0 Å². The number of carbonyl (C=O) groups excluding carboxylic acids is 2. The van der Waals surface area contributed by atoms with Crippen LogP contribution in [0.1, 0.15) is 36.2 Å². The first-order valence-electron chi connectivity index (χ1n) is 9.93. The van der Waals surface area contributed by atoms with E-state index in [-0.39, 0.29) is 23.7 Å². The second-order valence-electron chi connectivity index (χ2n) is 7.59. The van der Waals surface area contributed by atoms with Crippen LogP contribution < -0.4 is 10.6 Å². The van der Waals surface area contributed by atoms with Crippen LogP contribution in [0.25, 0.3) is 11.0 Å². The number of nitrogens with zero attached hydrogens (tertiary/aromatic N) is 1. The summed E-state index contributed by atoms with van der Waals surface area (Å²) < 4.78 is 16.6. The number of para-hydroxylation sites is 2. The van der Waals surface area contributed by atoms with E-state index in [1.165, 1.54) is 5.56 Å². The van der Waals surface area contributed by atoms with Gasteiger partial charge in [-0.3, -0.25) is 9.59 Å². The van der Waals surface area contributed by atoms with Gasteiger partial charge < -0.3 is 15.6 Å². The predicted molar refractivity (Wildman–Crippen MR) is 116 cm³/mol. The number of amides is 2. The molecule has 1 fully saturated rings. The number of aryl methyl sites for hydroxylation is 1. The summed E-state index contributed by atoms with van der Waals surface area (Å²) in [5.74, 6) is 0.527. The molecule has 3 aromatic rings. The van der Waals surface area contributed by atoms with Crippen LogP contribution in [-0.2, 0) is 27.7 Å². The molecular weight excluding hydrogens is 416 g/mol. The van der Waals surface area contributed by atoms with Crippen LogP contribution in [0, 0.1) is 12.8 Å². The average Bonchev–Trinajstić information content (AvgIpc) is 3.45. The summed E-state index contributed by atoms with van der Waals surface area (Å²) in [6.45, 7) is 4.18. The van der Waals surface area contributed by atoms with Crippen molar-refractivity contribution in [2.75, 3.05) is 0 Å². The molecule has 9 heteroatoms. The van der Waals surface area contributed by atoms with Gasteiger partial charge in [0.25, 0.3) is 0 Å². The highest BCUT2D eigenvalue weighted by atomic mass is 32.1. The maximum Gasteiger partial charge on any atom is 0.335 e. The third-order valence-electron chi connectivity index (χ3n) is 5.23. The van der Waals surface area contributed by atoms with Crippen LogP contribution in [0.5, 0.6) is 0 Å². The highest BCUT2D eigenvalue weighted by molar-refractivity contribution is 7.51. The number of hydrogen-bond acceptors (Lipinski definition) is 5. The Balaban J connectivity index is 0.000000858. The number of aromatic amines is 1. The van der Waals surface area contributed by atoms with Gasteiger partial charge in [-0.2, -0.15) is 8.42 Å². The number of rotatable bonds is 6. The maximum atomic E-state index is 12.5. The van der Waals surface area contributed by atoms with E-state index in [0.29, 0.717) is 6.54 Å². The summed E-state index contributed by atoms with van der Waals surface area (Å²) in [6.07, 6.45) is 0.753. The highest BCUT2D eigenvalue weighted by Crippen LogP contribution is 2.46. The molecule has 0 radical (unpaired) electrons. The number of hydrogen-bond donors (Lipinski definition) is 3. The molecule has 3 N–H and O–H groups in total. The van der Waals surface area contributed by atoms with Gasteiger partial charge in [0, 0.05) is 18.4 Å². The number of fused-ring (bicyclic) bond motifs is 1. The second-order valence-corrected chi connectivity index (χ2v) is 7.73. The molecule has 3 unspecified atom stereocenters. The molecule has 31 heavy (non-hydrogen) atoms. The van der Waals surface area contributed by atoms with E-state index in [1.807, 2.05) is 55.5 Å². The summed E-state index contributed by atoms with van der Waals surface area (Å²) in [6, 6.07) is 15.3. The first-order valence-corrected chi connectivity index (χ1v) is 10.6. The van der Waals surface area contributed by atoms with Gasteiger partial charge in [0.1, 0.15) is 11.9 Å². The molecular formula is C22H24N4O4S. The predicted octanol–water partition coefficient (Wildman–Crippen LogP) is 2.13. The Morgan fingerprint density at radius 3 is 2.52 bits per heavy atom. The van der Waals surface area contributed by atoms with Gasteiger partial charge in [0.2, 0.25) is 11.8 Å². The largest absolute Gasteiger partial charge is 0.350 e. The quantitative estimate of drug-likeness (QED) is 0.542. The van der Waals surface area contributed by atoms with E-state index in [9.17, 15) is 9.59 Å². The number of aromatic nitrogens is 2. The third-order valence-corrected chi connectivity index (χ3v) is 5.23. The van der Waals surface area contributed by atoms with Gasteiger partial charge in [-0.15, -0.1) is 0 Å². The SMILES string of the molecule is Cc1ccc(CNC(=O)C(C)NC(=O)C2CC2c2nc3ccccc3[nH]2)cc1.O=S=O. The number of carbonyl (C=O) groups is 2. The number of H-pyrrole nitrogens is 1. The van der Waals surface area contributed by atoms with Crippen molar-refractivity contribution in [3.8, 4) is 0 Å². The summed E-state index contributed by atoms with van der Waals surface area (Å²) >= 11 is -0.750. The van der Waals surface area contributed by atoms with Crippen molar-refractivity contribution >= 4 is 34.4 Å². The molecule has 1 heterocycles. The fraction of sp³-hybridized carbons (Fsp3) is 0.318. The van der Waals surface area contributed by atoms with Gasteiger partial charge in [-0.25, -0.2) is 4.98 Å². The van der Waals surface area contributed by atoms with Crippen molar-refractivity contribution in [1.29, 1.82) is 0 Å². The van der Waals surface area contributed by atoms with Crippen molar-refractivity contribution < 1.29 is 18.0 Å². The van der Waals surface area contributed by atoms with E-state index in [1.54, 1.807) is 6.92 Å². The van der Waals surface area contributed by atoms with Crippen LogP contribution in [0.2, 0.25) is 0 Å². The molecule has 1 aliphatic rings. The normalized spacial score (nSPS) is 17.7. The molecule has 0 bridgehead atoms. The lowest BCUT2D eigenvalue weighted by Gasteiger charge is -2.14. The second kappa shape index (κ2) is 10.1. The molecule has 0 saturated heterocycles. The van der Waals surface area contributed by atoms with Crippen molar-refractivity contribution in [3.63, 3.8) is 0 Å². The van der Waals surface area contributed by atoms with Crippen molar-refractivity contribution in [2.24, 2.45) is 5.92 Å².